The molecule has 1 heterocycles. The van der Waals surface area contributed by atoms with Gasteiger partial charge >= 0.3 is 6.18 Å². The van der Waals surface area contributed by atoms with Crippen LogP contribution in [0.3, 0.4) is 0 Å². The molecule has 0 radical (unpaired) electrons. The van der Waals surface area contributed by atoms with E-state index in [1.807, 2.05) is 24.3 Å². The minimum Gasteiger partial charge on any atom is -0.322 e. The van der Waals surface area contributed by atoms with E-state index in [1.165, 1.54) is 6.07 Å². The summed E-state index contributed by atoms with van der Waals surface area (Å²) in [5.74, 6) is 0. The summed E-state index contributed by atoms with van der Waals surface area (Å²) in [7, 11) is 0. The van der Waals surface area contributed by atoms with E-state index in [2.05, 4.69) is 20.9 Å². The van der Waals surface area contributed by atoms with Crippen molar-refractivity contribution in [3.05, 3.63) is 63.9 Å². The Bertz CT molecular complexity index is 582. The molecule has 0 aliphatic heterocycles. The van der Waals surface area contributed by atoms with Gasteiger partial charge in [-0.15, -0.1) is 0 Å². The molecule has 0 amide bonds. The number of hydrogen-bond donors (Lipinski definition) is 1. The van der Waals surface area contributed by atoms with Crippen LogP contribution in [0.15, 0.2) is 47.1 Å². The quantitative estimate of drug-likeness (QED) is 0.910. The van der Waals surface area contributed by atoms with Gasteiger partial charge in [0.25, 0.3) is 0 Å². The molecular weight excluding hydrogens is 333 g/mol. The summed E-state index contributed by atoms with van der Waals surface area (Å²) in [5.41, 5.74) is 6.65. The van der Waals surface area contributed by atoms with Crippen molar-refractivity contribution >= 4 is 15.9 Å². The molecule has 2 nitrogen and oxygen atoms in total. The largest absolute Gasteiger partial charge is 0.417 e. The Morgan fingerprint density at radius 1 is 1.20 bits per heavy atom. The lowest BCUT2D eigenvalue weighted by atomic mass is 10.0. The van der Waals surface area contributed by atoms with Crippen molar-refractivity contribution in [1.82, 2.24) is 4.98 Å². The summed E-state index contributed by atoms with van der Waals surface area (Å²) in [6, 6.07) is 9.50. The molecule has 1 atom stereocenters. The fourth-order valence-electron chi connectivity index (χ4n) is 1.81. The molecule has 0 aliphatic rings. The Labute approximate surface area is 123 Å². The molecular formula is C14H12BrF3N2. The fourth-order valence-corrected chi connectivity index (χ4v) is 2.26. The van der Waals surface area contributed by atoms with Crippen molar-refractivity contribution in [2.45, 2.75) is 18.6 Å². The Morgan fingerprint density at radius 3 is 2.50 bits per heavy atom. The van der Waals surface area contributed by atoms with Gasteiger partial charge in [0.15, 0.2) is 0 Å². The van der Waals surface area contributed by atoms with Gasteiger partial charge in [0.05, 0.1) is 17.3 Å². The second kappa shape index (κ2) is 5.93. The molecule has 20 heavy (non-hydrogen) atoms. The predicted molar refractivity (Wildman–Crippen MR) is 74.0 cm³/mol. The monoisotopic (exact) mass is 344 g/mol. The van der Waals surface area contributed by atoms with E-state index in [0.29, 0.717) is 12.1 Å². The maximum absolute atomic E-state index is 12.4. The third-order valence-corrected chi connectivity index (χ3v) is 3.33. The summed E-state index contributed by atoms with van der Waals surface area (Å²) >= 11 is 3.36. The number of aromatic nitrogens is 1. The predicted octanol–water partition coefficient (Wildman–Crippen LogP) is 4.11. The number of pyridine rings is 1. The summed E-state index contributed by atoms with van der Waals surface area (Å²) < 4.78 is 38.2. The van der Waals surface area contributed by atoms with Crippen LogP contribution in [0.25, 0.3) is 0 Å². The van der Waals surface area contributed by atoms with Crippen LogP contribution >= 0.6 is 15.9 Å². The van der Waals surface area contributed by atoms with Gasteiger partial charge in [-0.25, -0.2) is 0 Å². The Kier molecular flexibility index (Phi) is 4.45. The maximum atomic E-state index is 12.4. The van der Waals surface area contributed by atoms with E-state index in [9.17, 15) is 13.2 Å². The first-order valence-corrected chi connectivity index (χ1v) is 6.69. The molecule has 1 aromatic heterocycles. The number of rotatable bonds is 3. The molecule has 6 heteroatoms. The van der Waals surface area contributed by atoms with Gasteiger partial charge in [0, 0.05) is 10.7 Å². The number of nitrogens with two attached hydrogens (primary N) is 1. The average molecular weight is 345 g/mol. The van der Waals surface area contributed by atoms with Crippen molar-refractivity contribution < 1.29 is 13.2 Å². The SMILES string of the molecule is NC(Cc1cccc(Br)c1)c1ccc(C(F)(F)F)cn1. The molecule has 1 aromatic carbocycles. The first kappa shape index (κ1) is 15.0. The lowest BCUT2D eigenvalue weighted by Gasteiger charge is -2.13. The lowest BCUT2D eigenvalue weighted by molar-refractivity contribution is -0.137. The first-order chi connectivity index (χ1) is 9.36. The van der Waals surface area contributed by atoms with Crippen molar-refractivity contribution in [2.24, 2.45) is 5.73 Å². The zero-order chi connectivity index (χ0) is 14.8. The van der Waals surface area contributed by atoms with E-state index in [0.717, 1.165) is 22.3 Å². The van der Waals surface area contributed by atoms with E-state index in [-0.39, 0.29) is 0 Å². The van der Waals surface area contributed by atoms with Gasteiger partial charge in [-0.05, 0) is 36.2 Å². The molecule has 2 aromatic rings. The molecule has 0 saturated heterocycles. The molecule has 0 aliphatic carbocycles. The molecule has 1 unspecified atom stereocenters. The van der Waals surface area contributed by atoms with Gasteiger partial charge < -0.3 is 5.73 Å². The molecule has 2 N–H and O–H groups in total. The lowest BCUT2D eigenvalue weighted by Crippen LogP contribution is -2.16. The average Bonchev–Trinajstić information content (AvgIpc) is 2.38. The van der Waals surface area contributed by atoms with Crippen molar-refractivity contribution in [1.29, 1.82) is 0 Å². The molecule has 0 saturated carbocycles. The van der Waals surface area contributed by atoms with Gasteiger partial charge in [0.1, 0.15) is 0 Å². The minimum atomic E-state index is -4.38. The van der Waals surface area contributed by atoms with Crippen LogP contribution in [0, 0.1) is 0 Å². The van der Waals surface area contributed by atoms with Gasteiger partial charge in [-0.1, -0.05) is 28.1 Å². The van der Waals surface area contributed by atoms with Crippen LogP contribution < -0.4 is 5.73 Å². The number of nitrogens with zero attached hydrogens (tertiary/aromatic N) is 1. The van der Waals surface area contributed by atoms with Crippen LogP contribution in [-0.4, -0.2) is 4.98 Å². The topological polar surface area (TPSA) is 38.9 Å². The maximum Gasteiger partial charge on any atom is 0.417 e. The van der Waals surface area contributed by atoms with E-state index in [1.54, 1.807) is 0 Å². The summed E-state index contributed by atoms with van der Waals surface area (Å²) in [6.45, 7) is 0. The Hall–Kier alpha value is -1.40. The van der Waals surface area contributed by atoms with Crippen molar-refractivity contribution in [3.8, 4) is 0 Å². The Balaban J connectivity index is 2.11. The number of alkyl halides is 3. The first-order valence-electron chi connectivity index (χ1n) is 5.89. The molecule has 106 valence electrons. The Morgan fingerprint density at radius 2 is 1.95 bits per heavy atom. The van der Waals surface area contributed by atoms with Gasteiger partial charge in [-0.2, -0.15) is 13.2 Å². The van der Waals surface area contributed by atoms with Crippen LogP contribution in [-0.2, 0) is 12.6 Å². The smallest absolute Gasteiger partial charge is 0.322 e. The van der Waals surface area contributed by atoms with Gasteiger partial charge in [-0.3, -0.25) is 4.98 Å². The zero-order valence-corrected chi connectivity index (χ0v) is 11.9. The van der Waals surface area contributed by atoms with Crippen molar-refractivity contribution in [2.75, 3.05) is 0 Å². The highest BCUT2D eigenvalue weighted by molar-refractivity contribution is 9.10. The van der Waals surface area contributed by atoms with Crippen LogP contribution in [0.1, 0.15) is 22.9 Å². The van der Waals surface area contributed by atoms with Gasteiger partial charge in [0.2, 0.25) is 0 Å². The normalized spacial score (nSPS) is 13.2. The molecule has 0 bridgehead atoms. The molecule has 0 spiro atoms. The third kappa shape index (κ3) is 3.80. The number of halogens is 4. The highest BCUT2D eigenvalue weighted by Crippen LogP contribution is 2.29. The van der Waals surface area contributed by atoms with E-state index in [4.69, 9.17) is 5.73 Å². The van der Waals surface area contributed by atoms with E-state index < -0.39 is 17.8 Å². The summed E-state index contributed by atoms with van der Waals surface area (Å²) in [4.78, 5) is 3.81. The molecule has 0 fully saturated rings. The fraction of sp³-hybridized carbons (Fsp3) is 0.214. The second-order valence-electron chi connectivity index (χ2n) is 4.41. The minimum absolute atomic E-state index is 0.438. The third-order valence-electron chi connectivity index (χ3n) is 2.84. The second-order valence-corrected chi connectivity index (χ2v) is 5.33. The van der Waals surface area contributed by atoms with Crippen molar-refractivity contribution in [3.63, 3.8) is 0 Å². The number of hydrogen-bond acceptors (Lipinski definition) is 2. The van der Waals surface area contributed by atoms with E-state index >= 15 is 0 Å². The van der Waals surface area contributed by atoms with Crippen LogP contribution in [0.2, 0.25) is 0 Å². The number of benzene rings is 1. The standard InChI is InChI=1S/C14H12BrF3N2/c15-11-3-1-2-9(6-11)7-12(19)13-5-4-10(8-20-13)14(16,17)18/h1-6,8,12H,7,19H2. The van der Waals surface area contributed by atoms with Crippen LogP contribution in [0.4, 0.5) is 13.2 Å². The highest BCUT2D eigenvalue weighted by Gasteiger charge is 2.30. The summed E-state index contributed by atoms with van der Waals surface area (Å²) in [5, 5.41) is 0. The highest BCUT2D eigenvalue weighted by atomic mass is 79.9. The van der Waals surface area contributed by atoms with Crippen LogP contribution in [0.5, 0.6) is 0 Å². The molecule has 2 rings (SSSR count). The zero-order valence-electron chi connectivity index (χ0n) is 10.4. The summed E-state index contributed by atoms with van der Waals surface area (Å²) in [6.07, 6.45) is -3.05.